The number of aliphatic imine (C=N–C) groups is 2. The first-order chi connectivity index (χ1) is 21.4. The lowest BCUT2D eigenvalue weighted by Gasteiger charge is -2.40. The van der Waals surface area contributed by atoms with Crippen molar-refractivity contribution in [3.05, 3.63) is 70.1 Å². The summed E-state index contributed by atoms with van der Waals surface area (Å²) < 4.78 is 63.3. The van der Waals surface area contributed by atoms with Crippen LogP contribution in [0.2, 0.25) is 0 Å². The van der Waals surface area contributed by atoms with Gasteiger partial charge in [0.1, 0.15) is 29.8 Å². The second-order valence-corrected chi connectivity index (χ2v) is 11.8. The number of nitrogens with zero attached hydrogens (tertiary/aromatic N) is 8. The summed E-state index contributed by atoms with van der Waals surface area (Å²) in [5.41, 5.74) is 2.14. The summed E-state index contributed by atoms with van der Waals surface area (Å²) in [5, 5.41) is 10.9. The van der Waals surface area contributed by atoms with E-state index in [0.717, 1.165) is 24.7 Å². The number of aryl methyl sites for hydroxylation is 1. The minimum atomic E-state index is -4.64. The molecule has 1 saturated carbocycles. The van der Waals surface area contributed by atoms with Crippen LogP contribution in [-0.4, -0.2) is 73.9 Å². The Morgan fingerprint density at radius 1 is 1.20 bits per heavy atom. The van der Waals surface area contributed by atoms with Gasteiger partial charge >= 0.3 is 6.18 Å². The zero-order valence-corrected chi connectivity index (χ0v) is 25.4. The lowest BCUT2D eigenvalue weighted by Crippen LogP contribution is -2.46. The molecule has 3 aliphatic rings. The molecule has 14 heteroatoms. The molecule has 6 rings (SSSR count). The van der Waals surface area contributed by atoms with Crippen molar-refractivity contribution in [1.82, 2.24) is 29.3 Å². The Morgan fingerprint density at radius 3 is 2.62 bits per heavy atom. The number of β-amino-alcohol motifs (C(OH)–C–C–N with tert-alkyl or cyclic N) is 1. The monoisotopic (exact) mass is 626 g/mol. The van der Waals surface area contributed by atoms with E-state index in [1.807, 2.05) is 24.8 Å². The van der Waals surface area contributed by atoms with Crippen LogP contribution < -0.4 is 4.74 Å². The number of imidazole rings is 1. The number of rotatable bonds is 6. The fourth-order valence-electron chi connectivity index (χ4n) is 6.02. The third-order valence-electron chi connectivity index (χ3n) is 8.75. The molecule has 4 heterocycles. The molecule has 2 aromatic heterocycles. The van der Waals surface area contributed by atoms with E-state index in [1.165, 1.54) is 24.1 Å². The number of benzene rings is 1. The number of hydrogen-bond donors (Lipinski definition) is 1. The normalized spacial score (nSPS) is 20.6. The number of aromatic nitrogens is 4. The minimum absolute atomic E-state index is 0.0334. The van der Waals surface area contributed by atoms with E-state index in [1.54, 1.807) is 11.9 Å². The first-order valence-corrected chi connectivity index (χ1v) is 14.7. The van der Waals surface area contributed by atoms with Crippen LogP contribution in [0, 0.1) is 5.82 Å². The topological polar surface area (TPSA) is 104 Å². The first kappa shape index (κ1) is 30.7. The SMILES string of the molecule is C=NC(=NC1=C(C)N(C)C(O)CN1Cc1cc(F)c2c(c1)C(C)CCn1cc(C(F)(F)F)nc1-2)c1c(OC)ncnc1C1CC1. The van der Waals surface area contributed by atoms with Gasteiger partial charge in [-0.3, -0.25) is 0 Å². The number of likely N-dealkylation sites (N-methyl/N-ethyl adjacent to an activating group) is 1. The van der Waals surface area contributed by atoms with Crippen LogP contribution in [0.1, 0.15) is 73.0 Å². The Kier molecular flexibility index (Phi) is 7.88. The fraction of sp³-hybridized carbons (Fsp3) is 0.452. The maximum Gasteiger partial charge on any atom is 0.434 e. The molecule has 1 N–H and O–H groups in total. The van der Waals surface area contributed by atoms with E-state index < -0.39 is 23.9 Å². The predicted octanol–water partition coefficient (Wildman–Crippen LogP) is 5.29. The van der Waals surface area contributed by atoms with E-state index >= 15 is 4.39 Å². The Balaban J connectivity index is 1.41. The van der Waals surface area contributed by atoms with E-state index in [9.17, 15) is 18.3 Å². The molecule has 0 radical (unpaired) electrons. The van der Waals surface area contributed by atoms with Gasteiger partial charge in [-0.1, -0.05) is 13.0 Å². The van der Waals surface area contributed by atoms with E-state index in [4.69, 9.17) is 9.73 Å². The van der Waals surface area contributed by atoms with Gasteiger partial charge < -0.3 is 24.2 Å². The smallest absolute Gasteiger partial charge is 0.434 e. The highest BCUT2D eigenvalue weighted by Crippen LogP contribution is 2.43. The van der Waals surface area contributed by atoms with Gasteiger partial charge in [0.05, 0.1) is 30.6 Å². The number of aliphatic hydroxyl groups is 1. The number of halogens is 4. The van der Waals surface area contributed by atoms with Crippen molar-refractivity contribution in [1.29, 1.82) is 0 Å². The Hall–Kier alpha value is -4.33. The molecule has 238 valence electrons. The summed E-state index contributed by atoms with van der Waals surface area (Å²) in [5.74, 6) is 0.458. The molecular formula is C31H34F4N8O2. The van der Waals surface area contributed by atoms with Crippen LogP contribution in [0.15, 0.2) is 46.2 Å². The van der Waals surface area contributed by atoms with Crippen LogP contribution >= 0.6 is 0 Å². The molecule has 1 aliphatic carbocycles. The van der Waals surface area contributed by atoms with Gasteiger partial charge in [0.15, 0.2) is 17.4 Å². The lowest BCUT2D eigenvalue weighted by molar-refractivity contribution is -0.140. The van der Waals surface area contributed by atoms with E-state index in [-0.39, 0.29) is 48.7 Å². The second kappa shape index (κ2) is 11.5. The molecular weight excluding hydrogens is 592 g/mol. The standard InChI is InChI=1S/C31H34F4N8O2/c1-16-8-9-42-13-22(31(33,34)35)39-29(42)24-20(16)10-18(11-21(24)32)12-43-14-23(44)41(4)17(2)28(43)40-27(36-3)25-26(19-6-7-19)37-15-38-30(25)45-5/h10-11,13,15-16,19,23,44H,3,6-9,12,14H2,1-2,4-5H3. The van der Waals surface area contributed by atoms with Crippen LogP contribution in [0.25, 0.3) is 11.4 Å². The van der Waals surface area contributed by atoms with Gasteiger partial charge in [-0.25, -0.2) is 29.3 Å². The Labute approximate surface area is 257 Å². The molecule has 0 amide bonds. The summed E-state index contributed by atoms with van der Waals surface area (Å²) >= 11 is 0. The summed E-state index contributed by atoms with van der Waals surface area (Å²) in [4.78, 5) is 25.2. The van der Waals surface area contributed by atoms with E-state index in [0.29, 0.717) is 40.5 Å². The Morgan fingerprint density at radius 2 is 1.96 bits per heavy atom. The van der Waals surface area contributed by atoms with Gasteiger partial charge in [0.25, 0.3) is 0 Å². The van der Waals surface area contributed by atoms with Crippen molar-refractivity contribution in [3.8, 4) is 17.3 Å². The summed E-state index contributed by atoms with van der Waals surface area (Å²) in [7, 11) is 3.26. The van der Waals surface area contributed by atoms with Gasteiger partial charge in [0.2, 0.25) is 5.88 Å². The zero-order valence-electron chi connectivity index (χ0n) is 25.4. The summed E-state index contributed by atoms with van der Waals surface area (Å²) in [6.07, 6.45) is -0.668. The number of alkyl halides is 3. The average molecular weight is 627 g/mol. The maximum absolute atomic E-state index is 15.9. The number of aliphatic hydroxyl groups excluding tert-OH is 1. The number of ether oxygens (including phenoxy) is 1. The second-order valence-electron chi connectivity index (χ2n) is 11.8. The number of methoxy groups -OCH3 is 1. The van der Waals surface area contributed by atoms with Gasteiger partial charge in [-0.15, -0.1) is 0 Å². The molecule has 3 aromatic rings. The quantitative estimate of drug-likeness (QED) is 0.225. The largest absolute Gasteiger partial charge is 0.480 e. The van der Waals surface area contributed by atoms with Gasteiger partial charge in [-0.2, -0.15) is 13.2 Å². The highest BCUT2D eigenvalue weighted by Gasteiger charge is 2.37. The third-order valence-corrected chi connectivity index (χ3v) is 8.75. The molecule has 45 heavy (non-hydrogen) atoms. The zero-order chi connectivity index (χ0) is 32.2. The molecule has 1 aromatic carbocycles. The minimum Gasteiger partial charge on any atom is -0.480 e. The van der Waals surface area contributed by atoms with Crippen LogP contribution in [-0.2, 0) is 19.3 Å². The molecule has 0 saturated heterocycles. The van der Waals surface area contributed by atoms with Crippen molar-refractivity contribution in [3.63, 3.8) is 0 Å². The molecule has 2 atom stereocenters. The third kappa shape index (κ3) is 5.67. The van der Waals surface area contributed by atoms with Crippen LogP contribution in [0.3, 0.4) is 0 Å². The van der Waals surface area contributed by atoms with Crippen molar-refractivity contribution in [2.75, 3.05) is 20.7 Å². The van der Waals surface area contributed by atoms with Gasteiger partial charge in [-0.05, 0) is 56.0 Å². The molecule has 2 unspecified atom stereocenters. The summed E-state index contributed by atoms with van der Waals surface area (Å²) in [6.45, 7) is 8.07. The van der Waals surface area contributed by atoms with Crippen LogP contribution in [0.4, 0.5) is 17.6 Å². The predicted molar refractivity (Wildman–Crippen MR) is 159 cm³/mol. The molecule has 0 spiro atoms. The van der Waals surface area contributed by atoms with Crippen molar-refractivity contribution in [2.24, 2.45) is 9.98 Å². The highest BCUT2D eigenvalue weighted by atomic mass is 19.4. The lowest BCUT2D eigenvalue weighted by atomic mass is 9.91. The summed E-state index contributed by atoms with van der Waals surface area (Å²) in [6, 6.07) is 3.13. The van der Waals surface area contributed by atoms with Crippen LogP contribution in [0.5, 0.6) is 5.88 Å². The molecule has 0 bridgehead atoms. The fourth-order valence-corrected chi connectivity index (χ4v) is 6.02. The number of fused-ring (bicyclic) bond motifs is 3. The number of amidine groups is 1. The molecule has 2 aliphatic heterocycles. The highest BCUT2D eigenvalue weighted by molar-refractivity contribution is 6.04. The van der Waals surface area contributed by atoms with Crippen molar-refractivity contribution >= 4 is 12.6 Å². The van der Waals surface area contributed by atoms with Gasteiger partial charge in [0, 0.05) is 32.3 Å². The molecule has 1 fully saturated rings. The maximum atomic E-state index is 15.9. The molecule has 10 nitrogen and oxygen atoms in total. The average Bonchev–Trinajstić information content (AvgIpc) is 3.78. The van der Waals surface area contributed by atoms with Crippen molar-refractivity contribution < 1.29 is 27.4 Å². The first-order valence-electron chi connectivity index (χ1n) is 14.7. The van der Waals surface area contributed by atoms with Crippen molar-refractivity contribution in [2.45, 2.75) is 70.4 Å². The number of hydrogen-bond acceptors (Lipinski definition) is 8. The Bertz CT molecular complexity index is 1710. The number of allylic oxidation sites excluding steroid dienone is 1. The van der Waals surface area contributed by atoms with E-state index in [2.05, 4.69) is 26.7 Å².